The predicted molar refractivity (Wildman–Crippen MR) is 69.8 cm³/mol. The van der Waals surface area contributed by atoms with Crippen molar-refractivity contribution < 1.29 is 27.9 Å². The molecule has 1 aliphatic carbocycles. The number of urea groups is 1. The largest absolute Gasteiger partial charge is 0.481 e. The molecule has 1 saturated carbocycles. The number of carboxylic acid groups (broad SMARTS) is 1. The van der Waals surface area contributed by atoms with E-state index in [0.29, 0.717) is 25.7 Å². The molecule has 5 nitrogen and oxygen atoms in total. The SMILES string of the molecule is O=C(NCCCCC(F)(F)F)NC1CCC(C(=O)O)CC1. The van der Waals surface area contributed by atoms with Gasteiger partial charge in [-0.3, -0.25) is 4.79 Å². The van der Waals surface area contributed by atoms with Gasteiger partial charge in [-0.25, -0.2) is 4.79 Å². The Bertz CT molecular complexity index is 353. The van der Waals surface area contributed by atoms with E-state index in [-0.39, 0.29) is 31.3 Å². The van der Waals surface area contributed by atoms with Crippen LogP contribution in [0.2, 0.25) is 0 Å². The Morgan fingerprint density at radius 3 is 2.24 bits per heavy atom. The van der Waals surface area contributed by atoms with Gasteiger partial charge in [-0.2, -0.15) is 13.2 Å². The third kappa shape index (κ3) is 7.77. The maximum absolute atomic E-state index is 11.9. The Morgan fingerprint density at radius 2 is 1.71 bits per heavy atom. The minimum absolute atomic E-state index is 0.00645. The smallest absolute Gasteiger partial charge is 0.389 e. The molecule has 122 valence electrons. The average molecular weight is 310 g/mol. The molecule has 0 aliphatic heterocycles. The summed E-state index contributed by atoms with van der Waals surface area (Å²) >= 11 is 0. The van der Waals surface area contributed by atoms with Crippen LogP contribution in [0.1, 0.15) is 44.9 Å². The summed E-state index contributed by atoms with van der Waals surface area (Å²) < 4.78 is 35.7. The standard InChI is InChI=1S/C13H21F3N2O3/c14-13(15,16)7-1-2-8-17-12(21)18-10-5-3-9(4-6-10)11(19)20/h9-10H,1-8H2,(H,19,20)(H2,17,18,21). The number of amides is 2. The molecule has 0 aromatic heterocycles. The zero-order valence-corrected chi connectivity index (χ0v) is 11.7. The van der Waals surface area contributed by atoms with E-state index in [2.05, 4.69) is 10.6 Å². The molecule has 2 amide bonds. The maximum Gasteiger partial charge on any atom is 0.389 e. The molecule has 0 heterocycles. The number of halogens is 3. The summed E-state index contributed by atoms with van der Waals surface area (Å²) in [4.78, 5) is 22.3. The topological polar surface area (TPSA) is 78.4 Å². The first-order valence-electron chi connectivity index (χ1n) is 7.12. The van der Waals surface area contributed by atoms with Crippen molar-refractivity contribution in [2.45, 2.75) is 57.2 Å². The first-order chi connectivity index (χ1) is 9.78. The molecular weight excluding hydrogens is 289 g/mol. The Balaban J connectivity index is 2.08. The highest BCUT2D eigenvalue weighted by Crippen LogP contribution is 2.24. The van der Waals surface area contributed by atoms with E-state index in [0.717, 1.165) is 0 Å². The third-order valence-corrected chi connectivity index (χ3v) is 3.58. The number of carboxylic acids is 1. The summed E-state index contributed by atoms with van der Waals surface area (Å²) in [6.07, 6.45) is -2.43. The summed E-state index contributed by atoms with van der Waals surface area (Å²) in [6, 6.07) is -0.462. The van der Waals surface area contributed by atoms with Gasteiger partial charge in [0.05, 0.1) is 5.92 Å². The lowest BCUT2D eigenvalue weighted by molar-refractivity contribution is -0.143. The zero-order valence-electron chi connectivity index (χ0n) is 11.7. The van der Waals surface area contributed by atoms with E-state index in [9.17, 15) is 22.8 Å². The number of carbonyl (C=O) groups is 2. The fourth-order valence-electron chi connectivity index (χ4n) is 2.37. The van der Waals surface area contributed by atoms with Crippen LogP contribution in [0.3, 0.4) is 0 Å². The molecule has 1 fully saturated rings. The highest BCUT2D eigenvalue weighted by molar-refractivity contribution is 5.74. The van der Waals surface area contributed by atoms with Crippen LogP contribution in [0.4, 0.5) is 18.0 Å². The van der Waals surface area contributed by atoms with E-state index in [1.807, 2.05) is 0 Å². The molecule has 1 rings (SSSR count). The van der Waals surface area contributed by atoms with Crippen LogP contribution >= 0.6 is 0 Å². The van der Waals surface area contributed by atoms with E-state index in [4.69, 9.17) is 5.11 Å². The minimum Gasteiger partial charge on any atom is -0.481 e. The minimum atomic E-state index is -4.15. The number of hydrogen-bond acceptors (Lipinski definition) is 2. The lowest BCUT2D eigenvalue weighted by atomic mass is 9.86. The van der Waals surface area contributed by atoms with Crippen molar-refractivity contribution in [3.63, 3.8) is 0 Å². The van der Waals surface area contributed by atoms with Gasteiger partial charge >= 0.3 is 18.2 Å². The van der Waals surface area contributed by atoms with Crippen molar-refractivity contribution in [1.29, 1.82) is 0 Å². The van der Waals surface area contributed by atoms with Gasteiger partial charge in [-0.1, -0.05) is 0 Å². The lowest BCUT2D eigenvalue weighted by Gasteiger charge is -2.26. The molecular formula is C13H21F3N2O3. The number of aliphatic carboxylic acids is 1. The van der Waals surface area contributed by atoms with Crippen molar-refractivity contribution in [2.75, 3.05) is 6.54 Å². The molecule has 21 heavy (non-hydrogen) atoms. The molecule has 0 unspecified atom stereocenters. The van der Waals surface area contributed by atoms with Crippen molar-refractivity contribution in [3.8, 4) is 0 Å². The first-order valence-corrected chi connectivity index (χ1v) is 7.12. The molecule has 0 bridgehead atoms. The van der Waals surface area contributed by atoms with E-state index in [1.165, 1.54) is 0 Å². The lowest BCUT2D eigenvalue weighted by Crippen LogP contribution is -2.44. The quantitative estimate of drug-likeness (QED) is 0.660. The van der Waals surface area contributed by atoms with Gasteiger partial charge in [-0.15, -0.1) is 0 Å². The van der Waals surface area contributed by atoms with Gasteiger partial charge in [-0.05, 0) is 38.5 Å². The van der Waals surface area contributed by atoms with E-state index < -0.39 is 24.6 Å². The molecule has 0 saturated heterocycles. The molecule has 0 spiro atoms. The summed E-state index contributed by atoms with van der Waals surface area (Å²) in [6.45, 7) is 0.201. The molecule has 0 aromatic carbocycles. The first kappa shape index (κ1) is 17.6. The van der Waals surface area contributed by atoms with Crippen LogP contribution in [0.25, 0.3) is 0 Å². The second-order valence-electron chi connectivity index (χ2n) is 5.36. The second-order valence-corrected chi connectivity index (χ2v) is 5.36. The molecule has 8 heteroatoms. The number of nitrogens with one attached hydrogen (secondary N) is 2. The number of hydrogen-bond donors (Lipinski definition) is 3. The number of carbonyl (C=O) groups excluding carboxylic acids is 1. The monoisotopic (exact) mass is 310 g/mol. The van der Waals surface area contributed by atoms with Crippen molar-refractivity contribution in [1.82, 2.24) is 10.6 Å². The number of rotatable bonds is 6. The summed E-state index contributed by atoms with van der Waals surface area (Å²) in [5, 5.41) is 14.1. The Hall–Kier alpha value is -1.47. The fraction of sp³-hybridized carbons (Fsp3) is 0.846. The van der Waals surface area contributed by atoms with Crippen LogP contribution in [0, 0.1) is 5.92 Å². The number of alkyl halides is 3. The van der Waals surface area contributed by atoms with Crippen LogP contribution in [-0.2, 0) is 4.79 Å². The predicted octanol–water partition coefficient (Wildman–Crippen LogP) is 2.66. The Labute approximate surface area is 121 Å². The van der Waals surface area contributed by atoms with E-state index >= 15 is 0 Å². The molecule has 0 atom stereocenters. The average Bonchev–Trinajstić information content (AvgIpc) is 2.37. The summed E-state index contributed by atoms with van der Waals surface area (Å²) in [5.41, 5.74) is 0. The molecule has 0 radical (unpaired) electrons. The van der Waals surface area contributed by atoms with Crippen molar-refractivity contribution >= 4 is 12.0 Å². The van der Waals surface area contributed by atoms with Gasteiger partial charge in [0.15, 0.2) is 0 Å². The van der Waals surface area contributed by atoms with Gasteiger partial charge < -0.3 is 15.7 Å². The van der Waals surface area contributed by atoms with E-state index in [1.54, 1.807) is 0 Å². The molecule has 0 aromatic rings. The Kier molecular flexibility index (Phi) is 6.77. The molecule has 3 N–H and O–H groups in total. The maximum atomic E-state index is 11.9. The number of unbranched alkanes of at least 4 members (excludes halogenated alkanes) is 1. The highest BCUT2D eigenvalue weighted by Gasteiger charge is 2.27. The highest BCUT2D eigenvalue weighted by atomic mass is 19.4. The van der Waals surface area contributed by atoms with Crippen LogP contribution in [-0.4, -0.2) is 35.9 Å². The van der Waals surface area contributed by atoms with Gasteiger partial charge in [0.25, 0.3) is 0 Å². The third-order valence-electron chi connectivity index (χ3n) is 3.58. The van der Waals surface area contributed by atoms with Crippen molar-refractivity contribution in [2.24, 2.45) is 5.92 Å². The van der Waals surface area contributed by atoms with Gasteiger partial charge in [0.2, 0.25) is 0 Å². The van der Waals surface area contributed by atoms with Crippen molar-refractivity contribution in [3.05, 3.63) is 0 Å². The normalized spacial score (nSPS) is 22.6. The van der Waals surface area contributed by atoms with Gasteiger partial charge in [0, 0.05) is 19.0 Å². The summed E-state index contributed by atoms with van der Waals surface area (Å²) in [5.74, 6) is -1.14. The molecule has 1 aliphatic rings. The van der Waals surface area contributed by atoms with Crippen LogP contribution in [0.15, 0.2) is 0 Å². The second kappa shape index (κ2) is 8.09. The zero-order chi connectivity index (χ0) is 15.9. The van der Waals surface area contributed by atoms with Gasteiger partial charge in [0.1, 0.15) is 0 Å². The van der Waals surface area contributed by atoms with Crippen LogP contribution < -0.4 is 10.6 Å². The summed E-state index contributed by atoms with van der Waals surface area (Å²) in [7, 11) is 0. The Morgan fingerprint density at radius 1 is 1.10 bits per heavy atom. The van der Waals surface area contributed by atoms with Crippen LogP contribution in [0.5, 0.6) is 0 Å². The fourth-order valence-corrected chi connectivity index (χ4v) is 2.37.